The maximum atomic E-state index is 12.5. The van der Waals surface area contributed by atoms with E-state index in [4.69, 9.17) is 9.47 Å². The number of carbonyl (C=O) groups excluding carboxylic acids is 1. The zero-order valence-corrected chi connectivity index (χ0v) is 35.0. The number of ether oxygens (including phenoxy) is 2. The zero-order chi connectivity index (χ0) is 40.1. The number of rotatable bonds is 24. The summed E-state index contributed by atoms with van der Waals surface area (Å²) >= 11 is 0. The van der Waals surface area contributed by atoms with Gasteiger partial charge in [0.2, 0.25) is 0 Å². The second kappa shape index (κ2) is 24.7. The molecule has 0 radical (unpaired) electrons. The van der Waals surface area contributed by atoms with Crippen molar-refractivity contribution in [2.75, 3.05) is 19.6 Å². The fraction of sp³-hybridized carbons (Fsp3) is 0.500. The molecule has 7 nitrogen and oxygen atoms in total. The van der Waals surface area contributed by atoms with Gasteiger partial charge in [-0.1, -0.05) is 182 Å². The van der Waals surface area contributed by atoms with Gasteiger partial charge in [0, 0.05) is 31.1 Å². The Labute approximate surface area is 343 Å². The van der Waals surface area contributed by atoms with Crippen LogP contribution in [0.3, 0.4) is 0 Å². The monoisotopic (exact) mass is 776 g/mol. The van der Waals surface area contributed by atoms with Gasteiger partial charge in [-0.2, -0.15) is 0 Å². The maximum absolute atomic E-state index is 12.5. The van der Waals surface area contributed by atoms with E-state index in [2.05, 4.69) is 84.8 Å². The molecule has 1 aliphatic rings. The average molecular weight is 776 g/mol. The van der Waals surface area contributed by atoms with Gasteiger partial charge in [-0.05, 0) is 65.4 Å². The molecule has 2 amide bonds. The number of nitrogens with one attached hydrogen (secondary N) is 2. The lowest BCUT2D eigenvalue weighted by Gasteiger charge is -2.43. The van der Waals surface area contributed by atoms with Crippen LogP contribution in [-0.2, 0) is 29.2 Å². The highest BCUT2D eigenvalue weighted by molar-refractivity contribution is 5.74. The summed E-state index contributed by atoms with van der Waals surface area (Å²) in [6, 6.07) is 34.8. The van der Waals surface area contributed by atoms with Gasteiger partial charge >= 0.3 is 6.03 Å². The number of hydrogen-bond donors (Lipinski definition) is 3. The third kappa shape index (κ3) is 14.7. The Kier molecular flexibility index (Phi) is 19.1. The minimum Gasteiger partial charge on any atom is -0.392 e. The fourth-order valence-electron chi connectivity index (χ4n) is 7.83. The number of unbranched alkanes of at least 4 members (excludes halogenated alkanes) is 10. The first-order valence-corrected chi connectivity index (χ1v) is 21.9. The lowest BCUT2D eigenvalue weighted by atomic mass is 9.89. The molecule has 1 aliphatic heterocycles. The van der Waals surface area contributed by atoms with Crippen LogP contribution in [0.2, 0.25) is 0 Å². The highest BCUT2D eigenvalue weighted by Gasteiger charge is 2.39. The molecule has 0 aromatic heterocycles. The largest absolute Gasteiger partial charge is 0.392 e. The number of benzene rings is 4. The van der Waals surface area contributed by atoms with Crippen molar-refractivity contribution in [2.24, 2.45) is 5.92 Å². The molecule has 308 valence electrons. The number of carbonyl (C=O) groups is 1. The molecule has 0 spiro atoms. The first kappa shape index (κ1) is 44.1. The van der Waals surface area contributed by atoms with Gasteiger partial charge in [-0.15, -0.1) is 0 Å². The summed E-state index contributed by atoms with van der Waals surface area (Å²) in [4.78, 5) is 15.2. The van der Waals surface area contributed by atoms with Crippen molar-refractivity contribution in [3.05, 3.63) is 131 Å². The zero-order valence-electron chi connectivity index (χ0n) is 35.0. The molecule has 1 fully saturated rings. The van der Waals surface area contributed by atoms with Crippen molar-refractivity contribution in [1.82, 2.24) is 15.5 Å². The summed E-state index contributed by atoms with van der Waals surface area (Å²) in [6.07, 6.45) is 14.9. The van der Waals surface area contributed by atoms with E-state index < -0.39 is 6.29 Å². The molecule has 3 N–H and O–H groups in total. The molecule has 0 saturated carbocycles. The first-order chi connectivity index (χ1) is 28.0. The molecule has 4 atom stereocenters. The number of urea groups is 1. The van der Waals surface area contributed by atoms with Crippen molar-refractivity contribution < 1.29 is 19.4 Å². The van der Waals surface area contributed by atoms with E-state index in [1.165, 1.54) is 77.0 Å². The average Bonchev–Trinajstić information content (AvgIpc) is 3.25. The summed E-state index contributed by atoms with van der Waals surface area (Å²) < 4.78 is 13.8. The van der Waals surface area contributed by atoms with E-state index in [1.807, 2.05) is 54.6 Å². The third-order valence-corrected chi connectivity index (χ3v) is 11.4. The van der Waals surface area contributed by atoms with Crippen molar-refractivity contribution in [1.29, 1.82) is 0 Å². The topological polar surface area (TPSA) is 83.1 Å². The second-order valence-electron chi connectivity index (χ2n) is 16.0. The minimum absolute atomic E-state index is 0.000187. The van der Waals surface area contributed by atoms with E-state index in [0.29, 0.717) is 13.1 Å². The maximum Gasteiger partial charge on any atom is 0.315 e. The highest BCUT2D eigenvalue weighted by Crippen LogP contribution is 2.42. The molecule has 5 rings (SSSR count). The van der Waals surface area contributed by atoms with Crippen LogP contribution in [0, 0.1) is 5.92 Å². The Morgan fingerprint density at radius 2 is 1.19 bits per heavy atom. The molecule has 1 saturated heterocycles. The fourth-order valence-corrected chi connectivity index (χ4v) is 7.83. The lowest BCUT2D eigenvalue weighted by Crippen LogP contribution is -2.45. The van der Waals surface area contributed by atoms with Crippen LogP contribution in [0.1, 0.15) is 138 Å². The van der Waals surface area contributed by atoms with Gasteiger partial charge in [0.1, 0.15) is 0 Å². The van der Waals surface area contributed by atoms with E-state index in [0.717, 1.165) is 58.6 Å². The van der Waals surface area contributed by atoms with E-state index in [-0.39, 0.29) is 30.8 Å². The smallest absolute Gasteiger partial charge is 0.315 e. The molecule has 57 heavy (non-hydrogen) atoms. The SMILES string of the molecule is CCCCCCCCN(CCCCCCCC)CC1OC(c2ccc(-c3cccc(CNC(=O)NCc4ccccc4)c3)cc2)OC(c2ccc(CO)cc2)C1C. The Bertz CT molecular complexity index is 1680. The van der Waals surface area contributed by atoms with E-state index in [9.17, 15) is 9.90 Å². The van der Waals surface area contributed by atoms with Gasteiger partial charge in [-0.25, -0.2) is 4.79 Å². The number of hydrogen-bond acceptors (Lipinski definition) is 5. The van der Waals surface area contributed by atoms with Gasteiger partial charge in [0.25, 0.3) is 0 Å². The van der Waals surface area contributed by atoms with Crippen LogP contribution in [-0.4, -0.2) is 41.8 Å². The van der Waals surface area contributed by atoms with Crippen LogP contribution in [0.25, 0.3) is 11.1 Å². The van der Waals surface area contributed by atoms with Crippen molar-refractivity contribution in [2.45, 2.75) is 136 Å². The van der Waals surface area contributed by atoms with Crippen molar-refractivity contribution >= 4 is 6.03 Å². The number of amides is 2. The normalized spacial score (nSPS) is 18.1. The number of aliphatic hydroxyl groups excluding tert-OH is 1. The summed E-state index contributed by atoms with van der Waals surface area (Å²) in [7, 11) is 0. The minimum atomic E-state index is -0.502. The number of nitrogens with zero attached hydrogens (tertiary/aromatic N) is 1. The lowest BCUT2D eigenvalue weighted by molar-refractivity contribution is -0.276. The molecule has 0 aliphatic carbocycles. The Balaban J connectivity index is 1.26. The van der Waals surface area contributed by atoms with Crippen molar-refractivity contribution in [3.8, 4) is 11.1 Å². The predicted molar refractivity (Wildman–Crippen MR) is 234 cm³/mol. The highest BCUT2D eigenvalue weighted by atomic mass is 16.7. The Morgan fingerprint density at radius 1 is 0.614 bits per heavy atom. The summed E-state index contributed by atoms with van der Waals surface area (Å²) in [5, 5.41) is 15.7. The van der Waals surface area contributed by atoms with E-state index in [1.54, 1.807) is 0 Å². The Hall–Kier alpha value is -4.01. The summed E-state index contributed by atoms with van der Waals surface area (Å²) in [6.45, 7) is 10.9. The molecular weight excluding hydrogens is 707 g/mol. The van der Waals surface area contributed by atoms with Gasteiger partial charge < -0.3 is 30.1 Å². The number of aliphatic hydroxyl groups is 1. The van der Waals surface area contributed by atoms with Gasteiger partial charge in [-0.3, -0.25) is 0 Å². The summed E-state index contributed by atoms with van der Waals surface area (Å²) in [5.74, 6) is 0.147. The van der Waals surface area contributed by atoms with Gasteiger partial charge in [0.15, 0.2) is 6.29 Å². The Morgan fingerprint density at radius 3 is 1.82 bits per heavy atom. The van der Waals surface area contributed by atoms with Crippen molar-refractivity contribution in [3.63, 3.8) is 0 Å². The summed E-state index contributed by atoms with van der Waals surface area (Å²) in [5.41, 5.74) is 7.29. The standard InChI is InChI=1S/C50H69N3O4/c1-4-6-8-10-12-17-32-53(33-18-13-11-9-7-5-2)37-47-39(3)48(44-26-24-41(38-54)25-27-44)57-49(56-47)45-30-28-43(29-31-45)46-23-19-22-42(34-46)36-52-50(55)51-35-40-20-15-14-16-21-40/h14-16,19-31,34,39,47-49,54H,4-13,17-18,32-33,35-38H2,1-3H3,(H2,51,52,55). The quantitative estimate of drug-likeness (QED) is 0.0618. The van der Waals surface area contributed by atoms with E-state index >= 15 is 0 Å². The molecule has 4 aromatic rings. The molecule has 1 heterocycles. The van der Waals surface area contributed by atoms with Crippen LogP contribution in [0.5, 0.6) is 0 Å². The second-order valence-corrected chi connectivity index (χ2v) is 16.0. The van der Waals surface area contributed by atoms with Crippen LogP contribution < -0.4 is 10.6 Å². The van der Waals surface area contributed by atoms with Crippen LogP contribution in [0.4, 0.5) is 4.79 Å². The third-order valence-electron chi connectivity index (χ3n) is 11.4. The van der Waals surface area contributed by atoms with Crippen LogP contribution >= 0.6 is 0 Å². The molecule has 4 unspecified atom stereocenters. The molecule has 7 heteroatoms. The first-order valence-electron chi connectivity index (χ1n) is 21.9. The van der Waals surface area contributed by atoms with Crippen LogP contribution in [0.15, 0.2) is 103 Å². The molecule has 4 aromatic carbocycles. The molecular formula is C50H69N3O4. The molecule has 0 bridgehead atoms. The van der Waals surface area contributed by atoms with Gasteiger partial charge in [0.05, 0.1) is 18.8 Å². The predicted octanol–water partition coefficient (Wildman–Crippen LogP) is 11.7.